The molecule has 0 fully saturated rings. The molecule has 0 amide bonds. The predicted octanol–water partition coefficient (Wildman–Crippen LogP) is 6.72. The molecule has 0 heterocycles. The van der Waals surface area contributed by atoms with Gasteiger partial charge in [0.15, 0.2) is 5.92 Å². The van der Waals surface area contributed by atoms with Crippen molar-refractivity contribution in [1.82, 2.24) is 10.6 Å². The van der Waals surface area contributed by atoms with E-state index < -0.39 is 5.92 Å². The summed E-state index contributed by atoms with van der Waals surface area (Å²) in [5.41, 5.74) is 1.94. The minimum absolute atomic E-state index is 0.118. The Bertz CT molecular complexity index is 579. The first-order chi connectivity index (χ1) is 14.8. The minimum atomic E-state index is -0.690. The second kappa shape index (κ2) is 17.9. The molecule has 4 heteroatoms. The summed E-state index contributed by atoms with van der Waals surface area (Å²) in [6.45, 7) is 6.51. The van der Waals surface area contributed by atoms with Gasteiger partial charge >= 0.3 is 0 Å². The van der Waals surface area contributed by atoms with Gasteiger partial charge in [-0.15, -0.1) is 0 Å². The molecule has 1 aromatic rings. The van der Waals surface area contributed by atoms with E-state index in [1.54, 1.807) is 0 Å². The monoisotopic (exact) mass is 410 g/mol. The molecule has 0 aliphatic carbocycles. The molecule has 2 N–H and O–H groups in total. The average molecular weight is 411 g/mol. The fourth-order valence-electron chi connectivity index (χ4n) is 3.67. The maximum atomic E-state index is 9.10. The molecule has 1 rings (SSSR count). The van der Waals surface area contributed by atoms with Crippen LogP contribution in [0, 0.1) is 22.7 Å². The highest BCUT2D eigenvalue weighted by molar-refractivity contribution is 5.34. The number of nitriles is 2. The molecule has 0 atom stereocenters. The molecule has 0 bridgehead atoms. The van der Waals surface area contributed by atoms with Crippen LogP contribution < -0.4 is 10.6 Å². The number of nitrogens with zero attached hydrogens (tertiary/aromatic N) is 2. The molecule has 4 nitrogen and oxygen atoms in total. The fourth-order valence-corrected chi connectivity index (χ4v) is 3.67. The SMILES string of the molecule is CCCCCCCCNC(NCCCCCCCC)c1ccc(C(C#N)C#N)cc1. The zero-order chi connectivity index (χ0) is 21.9. The third kappa shape index (κ3) is 11.3. The molecule has 1 aromatic carbocycles. The van der Waals surface area contributed by atoms with E-state index in [1.165, 1.54) is 82.6 Å². The maximum absolute atomic E-state index is 9.10. The molecule has 0 spiro atoms. The number of nitrogens with one attached hydrogen (secondary N) is 2. The van der Waals surface area contributed by atoms with E-state index >= 15 is 0 Å². The van der Waals surface area contributed by atoms with Crippen molar-refractivity contribution in [2.75, 3.05) is 13.1 Å². The number of unbranched alkanes of at least 4 members (excludes halogenated alkanes) is 10. The van der Waals surface area contributed by atoms with E-state index in [9.17, 15) is 0 Å². The van der Waals surface area contributed by atoms with Crippen LogP contribution in [0.5, 0.6) is 0 Å². The van der Waals surface area contributed by atoms with E-state index in [-0.39, 0.29) is 6.17 Å². The number of hydrogen-bond acceptors (Lipinski definition) is 4. The first-order valence-electron chi connectivity index (χ1n) is 12.1. The highest BCUT2D eigenvalue weighted by Gasteiger charge is 2.13. The van der Waals surface area contributed by atoms with E-state index in [0.29, 0.717) is 0 Å². The van der Waals surface area contributed by atoms with Gasteiger partial charge < -0.3 is 0 Å². The van der Waals surface area contributed by atoms with Crippen molar-refractivity contribution in [2.45, 2.75) is 103 Å². The number of hydrogen-bond donors (Lipinski definition) is 2. The zero-order valence-electron chi connectivity index (χ0n) is 19.3. The molecular formula is C26H42N4. The first-order valence-corrected chi connectivity index (χ1v) is 12.1. The van der Waals surface area contributed by atoms with E-state index in [1.807, 2.05) is 36.4 Å². The van der Waals surface area contributed by atoms with Crippen molar-refractivity contribution in [3.63, 3.8) is 0 Å². The van der Waals surface area contributed by atoms with Crippen molar-refractivity contribution >= 4 is 0 Å². The Labute approximate surface area is 185 Å². The smallest absolute Gasteiger partial charge is 0.158 e. The normalized spacial score (nSPS) is 11.0. The third-order valence-electron chi connectivity index (χ3n) is 5.62. The van der Waals surface area contributed by atoms with Crippen LogP contribution in [0.4, 0.5) is 0 Å². The Morgan fingerprint density at radius 2 is 1.03 bits per heavy atom. The molecule has 0 aromatic heterocycles. The summed E-state index contributed by atoms with van der Waals surface area (Å²) in [4.78, 5) is 0. The van der Waals surface area contributed by atoms with Crippen LogP contribution in [0.25, 0.3) is 0 Å². The molecule has 0 saturated heterocycles. The Balaban J connectivity index is 2.52. The van der Waals surface area contributed by atoms with Gasteiger partial charge in [-0.2, -0.15) is 10.5 Å². The van der Waals surface area contributed by atoms with E-state index in [2.05, 4.69) is 24.5 Å². The van der Waals surface area contributed by atoms with Crippen LogP contribution >= 0.6 is 0 Å². The Morgan fingerprint density at radius 1 is 0.633 bits per heavy atom. The number of benzene rings is 1. The second-order valence-electron chi connectivity index (χ2n) is 8.23. The van der Waals surface area contributed by atoms with Crippen LogP contribution in [0.1, 0.15) is 114 Å². The fraction of sp³-hybridized carbons (Fsp3) is 0.692. The lowest BCUT2D eigenvalue weighted by Crippen LogP contribution is -2.35. The molecule has 166 valence electrons. The minimum Gasteiger partial charge on any atom is -0.298 e. The summed E-state index contributed by atoms with van der Waals surface area (Å²) in [6, 6.07) is 12.0. The van der Waals surface area contributed by atoms with Gasteiger partial charge in [-0.25, -0.2) is 0 Å². The topological polar surface area (TPSA) is 71.6 Å². The summed E-state index contributed by atoms with van der Waals surface area (Å²) in [6.07, 6.45) is 15.7. The average Bonchev–Trinajstić information content (AvgIpc) is 2.78. The van der Waals surface area contributed by atoms with Crippen molar-refractivity contribution in [2.24, 2.45) is 0 Å². The molecule has 0 saturated carbocycles. The van der Waals surface area contributed by atoms with Crippen LogP contribution in [-0.4, -0.2) is 13.1 Å². The van der Waals surface area contributed by atoms with Gasteiger partial charge in [0.1, 0.15) is 0 Å². The highest BCUT2D eigenvalue weighted by atomic mass is 15.1. The van der Waals surface area contributed by atoms with Crippen LogP contribution in [0.3, 0.4) is 0 Å². The summed E-state index contributed by atoms with van der Waals surface area (Å²) < 4.78 is 0. The van der Waals surface area contributed by atoms with Gasteiger partial charge in [0.2, 0.25) is 0 Å². The van der Waals surface area contributed by atoms with Gasteiger partial charge in [-0.1, -0.05) is 102 Å². The summed E-state index contributed by atoms with van der Waals surface area (Å²) in [5.74, 6) is -0.690. The quantitative estimate of drug-likeness (QED) is 0.208. The van der Waals surface area contributed by atoms with Crippen molar-refractivity contribution < 1.29 is 0 Å². The van der Waals surface area contributed by atoms with Crippen molar-refractivity contribution in [1.29, 1.82) is 10.5 Å². The maximum Gasteiger partial charge on any atom is 0.158 e. The van der Waals surface area contributed by atoms with Crippen molar-refractivity contribution in [3.05, 3.63) is 35.4 Å². The standard InChI is InChI=1S/C26H42N4/c1-3-5-7-9-11-13-19-29-26(30-20-14-12-10-8-6-4-2)24-17-15-23(16-18-24)25(21-27)22-28/h15-18,25-26,29-30H,3-14,19-20H2,1-2H3. The molecule has 30 heavy (non-hydrogen) atoms. The van der Waals surface area contributed by atoms with Gasteiger partial charge in [0.25, 0.3) is 0 Å². The van der Waals surface area contributed by atoms with E-state index in [4.69, 9.17) is 10.5 Å². The van der Waals surface area contributed by atoms with Crippen LogP contribution in [0.2, 0.25) is 0 Å². The Hall–Kier alpha value is -1.88. The number of rotatable bonds is 18. The highest BCUT2D eigenvalue weighted by Crippen LogP contribution is 2.18. The van der Waals surface area contributed by atoms with Crippen LogP contribution in [0.15, 0.2) is 24.3 Å². The summed E-state index contributed by atoms with van der Waals surface area (Å²) >= 11 is 0. The summed E-state index contributed by atoms with van der Waals surface area (Å²) in [7, 11) is 0. The lowest BCUT2D eigenvalue weighted by atomic mass is 10.00. The lowest BCUT2D eigenvalue weighted by Gasteiger charge is -2.21. The zero-order valence-corrected chi connectivity index (χ0v) is 19.3. The largest absolute Gasteiger partial charge is 0.298 e. The second-order valence-corrected chi connectivity index (χ2v) is 8.23. The molecule has 0 radical (unpaired) electrons. The molecule has 0 aliphatic rings. The van der Waals surface area contributed by atoms with Gasteiger partial charge in [-0.05, 0) is 37.1 Å². The van der Waals surface area contributed by atoms with Gasteiger partial charge in [-0.3, -0.25) is 10.6 Å². The van der Waals surface area contributed by atoms with Crippen LogP contribution in [-0.2, 0) is 0 Å². The Morgan fingerprint density at radius 3 is 1.47 bits per heavy atom. The van der Waals surface area contributed by atoms with Gasteiger partial charge in [0.05, 0.1) is 18.3 Å². The van der Waals surface area contributed by atoms with Gasteiger partial charge in [0, 0.05) is 0 Å². The molecule has 0 unspecified atom stereocenters. The summed E-state index contributed by atoms with van der Waals surface area (Å²) in [5, 5.41) is 25.6. The van der Waals surface area contributed by atoms with Crippen molar-refractivity contribution in [3.8, 4) is 12.1 Å². The first kappa shape index (κ1) is 26.2. The van der Waals surface area contributed by atoms with E-state index in [0.717, 1.165) is 18.7 Å². The Kier molecular flexibility index (Phi) is 15.6. The molecular weight excluding hydrogens is 368 g/mol. The lowest BCUT2D eigenvalue weighted by molar-refractivity contribution is 0.420. The predicted molar refractivity (Wildman–Crippen MR) is 126 cm³/mol. The molecule has 0 aliphatic heterocycles. The third-order valence-corrected chi connectivity index (χ3v) is 5.62.